The monoisotopic (exact) mass is 269 g/mol. The number of halogens is 2. The number of hydrogen-bond acceptors (Lipinski definition) is 2. The molecule has 0 spiro atoms. The molecule has 0 unspecified atom stereocenters. The van der Waals surface area contributed by atoms with Gasteiger partial charge in [-0.3, -0.25) is 4.40 Å². The number of nitrogens with zero attached hydrogens (tertiary/aromatic N) is 3. The summed E-state index contributed by atoms with van der Waals surface area (Å²) < 4.78 is 28.3. The van der Waals surface area contributed by atoms with Crippen LogP contribution in [0.2, 0.25) is 0 Å². The summed E-state index contributed by atoms with van der Waals surface area (Å²) in [5.74, 6) is -0.814. The fourth-order valence-corrected chi connectivity index (χ4v) is 2.17. The molecular weight excluding hydrogens is 260 g/mol. The Morgan fingerprint density at radius 1 is 1.15 bits per heavy atom. The van der Waals surface area contributed by atoms with E-state index in [0.717, 1.165) is 0 Å². The second kappa shape index (κ2) is 4.74. The Morgan fingerprint density at radius 2 is 1.90 bits per heavy atom. The van der Waals surface area contributed by atoms with Crippen LogP contribution >= 0.6 is 0 Å². The average Bonchev–Trinajstić information content (AvgIpc) is 2.81. The van der Waals surface area contributed by atoms with Gasteiger partial charge in [-0.1, -0.05) is 0 Å². The van der Waals surface area contributed by atoms with Crippen molar-refractivity contribution < 1.29 is 8.78 Å². The SMILES string of the molecule is N#CCc1c(-c2ccc(F)cc2)nc2c(F)cccn12. The first-order valence-corrected chi connectivity index (χ1v) is 5.99. The maximum atomic E-state index is 13.8. The van der Waals surface area contributed by atoms with Crippen molar-refractivity contribution in [1.82, 2.24) is 9.38 Å². The molecule has 0 saturated carbocycles. The van der Waals surface area contributed by atoms with Crippen LogP contribution in [-0.2, 0) is 6.42 Å². The van der Waals surface area contributed by atoms with E-state index >= 15 is 0 Å². The first kappa shape index (κ1) is 12.3. The van der Waals surface area contributed by atoms with Crippen LogP contribution in [0.4, 0.5) is 8.78 Å². The number of hydrogen-bond donors (Lipinski definition) is 0. The molecule has 20 heavy (non-hydrogen) atoms. The number of benzene rings is 1. The molecule has 5 heteroatoms. The second-order valence-corrected chi connectivity index (χ2v) is 4.30. The molecule has 0 aliphatic rings. The van der Waals surface area contributed by atoms with Gasteiger partial charge in [0.1, 0.15) is 5.82 Å². The lowest BCUT2D eigenvalue weighted by molar-refractivity contribution is 0.628. The van der Waals surface area contributed by atoms with Crippen LogP contribution < -0.4 is 0 Å². The van der Waals surface area contributed by atoms with E-state index in [-0.39, 0.29) is 17.9 Å². The summed E-state index contributed by atoms with van der Waals surface area (Å²) in [6.07, 6.45) is 1.75. The first-order valence-electron chi connectivity index (χ1n) is 5.99. The van der Waals surface area contributed by atoms with Gasteiger partial charge in [-0.2, -0.15) is 5.26 Å². The minimum Gasteiger partial charge on any atom is -0.300 e. The van der Waals surface area contributed by atoms with Crippen molar-refractivity contribution in [1.29, 1.82) is 5.26 Å². The molecule has 0 amide bonds. The number of imidazole rings is 1. The van der Waals surface area contributed by atoms with E-state index < -0.39 is 5.82 Å². The zero-order chi connectivity index (χ0) is 14.1. The normalized spacial score (nSPS) is 10.7. The Hall–Kier alpha value is -2.74. The second-order valence-electron chi connectivity index (χ2n) is 4.30. The minimum atomic E-state index is -0.458. The zero-order valence-corrected chi connectivity index (χ0v) is 10.3. The van der Waals surface area contributed by atoms with Gasteiger partial charge >= 0.3 is 0 Å². The van der Waals surface area contributed by atoms with Gasteiger partial charge in [0.15, 0.2) is 11.5 Å². The highest BCUT2D eigenvalue weighted by molar-refractivity contribution is 5.67. The van der Waals surface area contributed by atoms with Gasteiger partial charge in [0.25, 0.3) is 0 Å². The molecule has 0 saturated heterocycles. The molecule has 3 rings (SSSR count). The number of nitriles is 1. The lowest BCUT2D eigenvalue weighted by Crippen LogP contribution is -1.94. The number of aromatic nitrogens is 2. The van der Waals surface area contributed by atoms with Crippen molar-refractivity contribution in [2.24, 2.45) is 0 Å². The van der Waals surface area contributed by atoms with Gasteiger partial charge in [-0.25, -0.2) is 13.8 Å². The average molecular weight is 269 g/mol. The Labute approximate surface area is 113 Å². The number of rotatable bonds is 2. The summed E-state index contributed by atoms with van der Waals surface area (Å²) in [6, 6.07) is 10.7. The highest BCUT2D eigenvalue weighted by Gasteiger charge is 2.15. The molecule has 2 heterocycles. The van der Waals surface area contributed by atoms with Crippen molar-refractivity contribution >= 4 is 5.65 Å². The van der Waals surface area contributed by atoms with Gasteiger partial charge in [-0.15, -0.1) is 0 Å². The molecule has 3 nitrogen and oxygen atoms in total. The maximum Gasteiger partial charge on any atom is 0.174 e. The van der Waals surface area contributed by atoms with E-state index in [4.69, 9.17) is 5.26 Å². The summed E-state index contributed by atoms with van der Waals surface area (Å²) in [5, 5.41) is 8.94. The third-order valence-electron chi connectivity index (χ3n) is 3.07. The van der Waals surface area contributed by atoms with Gasteiger partial charge in [0, 0.05) is 11.8 Å². The van der Waals surface area contributed by atoms with E-state index in [2.05, 4.69) is 4.98 Å². The molecule has 0 radical (unpaired) electrons. The van der Waals surface area contributed by atoms with E-state index in [1.165, 1.54) is 18.2 Å². The Bertz CT molecular complexity index is 813. The van der Waals surface area contributed by atoms with Crippen molar-refractivity contribution in [2.75, 3.05) is 0 Å². The summed E-state index contributed by atoms with van der Waals surface area (Å²) in [6.45, 7) is 0. The molecule has 98 valence electrons. The van der Waals surface area contributed by atoms with Gasteiger partial charge in [-0.05, 0) is 36.4 Å². The Morgan fingerprint density at radius 3 is 2.60 bits per heavy atom. The quantitative estimate of drug-likeness (QED) is 0.716. The minimum absolute atomic E-state index is 0.0946. The topological polar surface area (TPSA) is 41.1 Å². The summed E-state index contributed by atoms with van der Waals surface area (Å²) in [4.78, 5) is 4.25. The zero-order valence-electron chi connectivity index (χ0n) is 10.3. The fraction of sp³-hybridized carbons (Fsp3) is 0.0667. The third-order valence-corrected chi connectivity index (χ3v) is 3.07. The summed E-state index contributed by atoms with van der Waals surface area (Å²) in [7, 11) is 0. The predicted octanol–water partition coefficient (Wildman–Crippen LogP) is 3.35. The molecular formula is C15H9F2N3. The molecule has 0 fully saturated rings. The van der Waals surface area contributed by atoms with Crippen LogP contribution in [0, 0.1) is 23.0 Å². The van der Waals surface area contributed by atoms with Gasteiger partial charge in [0.2, 0.25) is 0 Å². The Balaban J connectivity index is 2.29. The molecule has 0 atom stereocenters. The fourth-order valence-electron chi connectivity index (χ4n) is 2.17. The molecule has 0 bridgehead atoms. The lowest BCUT2D eigenvalue weighted by atomic mass is 10.1. The summed E-state index contributed by atoms with van der Waals surface area (Å²) in [5.41, 5.74) is 1.90. The summed E-state index contributed by atoms with van der Waals surface area (Å²) >= 11 is 0. The van der Waals surface area contributed by atoms with Crippen molar-refractivity contribution in [3.63, 3.8) is 0 Å². The highest BCUT2D eigenvalue weighted by atomic mass is 19.1. The van der Waals surface area contributed by atoms with Crippen LogP contribution in [0.3, 0.4) is 0 Å². The molecule has 0 N–H and O–H groups in total. The Kier molecular flexibility index (Phi) is 2.92. The lowest BCUT2D eigenvalue weighted by Gasteiger charge is -2.01. The van der Waals surface area contributed by atoms with E-state index in [9.17, 15) is 8.78 Å². The van der Waals surface area contributed by atoms with Crippen molar-refractivity contribution in [3.8, 4) is 17.3 Å². The van der Waals surface area contributed by atoms with Crippen LogP contribution in [-0.4, -0.2) is 9.38 Å². The van der Waals surface area contributed by atoms with E-state index in [1.54, 1.807) is 28.8 Å². The van der Waals surface area contributed by atoms with Crippen LogP contribution in [0.15, 0.2) is 42.6 Å². The highest BCUT2D eigenvalue weighted by Crippen LogP contribution is 2.26. The third kappa shape index (κ3) is 1.91. The standard InChI is InChI=1S/C15H9F2N3/c16-11-5-3-10(4-6-11)14-13(7-8-18)20-9-1-2-12(17)15(20)19-14/h1-6,9H,7H2. The van der Waals surface area contributed by atoms with Crippen molar-refractivity contribution in [3.05, 3.63) is 59.9 Å². The maximum absolute atomic E-state index is 13.8. The van der Waals surface area contributed by atoms with Crippen LogP contribution in [0.1, 0.15) is 5.69 Å². The van der Waals surface area contributed by atoms with Crippen LogP contribution in [0.25, 0.3) is 16.9 Å². The predicted molar refractivity (Wildman–Crippen MR) is 69.9 cm³/mol. The largest absolute Gasteiger partial charge is 0.300 e. The molecule has 0 aliphatic heterocycles. The smallest absolute Gasteiger partial charge is 0.174 e. The molecule has 1 aromatic carbocycles. The van der Waals surface area contributed by atoms with Crippen LogP contribution in [0.5, 0.6) is 0 Å². The molecule has 2 aromatic heterocycles. The van der Waals surface area contributed by atoms with E-state index in [1.807, 2.05) is 6.07 Å². The molecule has 0 aliphatic carbocycles. The first-order chi connectivity index (χ1) is 9.70. The van der Waals surface area contributed by atoms with Crippen molar-refractivity contribution in [2.45, 2.75) is 6.42 Å². The molecule has 3 aromatic rings. The number of fused-ring (bicyclic) bond motifs is 1. The van der Waals surface area contributed by atoms with E-state index in [0.29, 0.717) is 17.0 Å². The van der Waals surface area contributed by atoms with Gasteiger partial charge in [0.05, 0.1) is 23.9 Å². The number of pyridine rings is 1. The van der Waals surface area contributed by atoms with Gasteiger partial charge < -0.3 is 0 Å².